The van der Waals surface area contributed by atoms with Crippen molar-refractivity contribution in [3.63, 3.8) is 0 Å². The third-order valence-corrected chi connectivity index (χ3v) is 3.31. The Kier molecular flexibility index (Phi) is 5.78. The molecule has 128 valence electrons. The van der Waals surface area contributed by atoms with Crippen LogP contribution < -0.4 is 5.32 Å². The molecule has 0 spiro atoms. The number of carboxylic acids is 1. The molecule has 0 aromatic heterocycles. The van der Waals surface area contributed by atoms with E-state index in [2.05, 4.69) is 4.74 Å². The van der Waals surface area contributed by atoms with Crippen molar-refractivity contribution in [3.8, 4) is 0 Å². The van der Waals surface area contributed by atoms with Crippen LogP contribution in [0.2, 0.25) is 0 Å². The van der Waals surface area contributed by atoms with E-state index in [0.717, 1.165) is 6.92 Å². The highest BCUT2D eigenvalue weighted by molar-refractivity contribution is 5.77. The summed E-state index contributed by atoms with van der Waals surface area (Å²) in [5, 5.41) is 58.4. The van der Waals surface area contributed by atoms with E-state index in [1.165, 1.54) is 0 Å². The van der Waals surface area contributed by atoms with Crippen LogP contribution in [0.4, 0.5) is 4.39 Å². The first-order chi connectivity index (χ1) is 10.1. The number of nitrogens with one attached hydrogen (secondary N) is 1. The molecule has 1 aliphatic rings. The van der Waals surface area contributed by atoms with Gasteiger partial charge in [-0.2, -0.15) is 0 Å². The number of rotatable bonds is 5. The second-order valence-corrected chi connectivity index (χ2v) is 4.94. The Bertz CT molecular complexity index is 436. The Morgan fingerprint density at radius 2 is 1.95 bits per heavy atom. The molecule has 1 heterocycles. The molecule has 7 atom stereocenters. The van der Waals surface area contributed by atoms with Gasteiger partial charge in [0.25, 0.3) is 0 Å². The molecule has 10 nitrogen and oxygen atoms in total. The Labute approximate surface area is 123 Å². The number of aliphatic hydroxyl groups is 5. The molecule has 0 bridgehead atoms. The molecule has 0 aromatic carbocycles. The van der Waals surface area contributed by atoms with E-state index < -0.39 is 60.9 Å². The summed E-state index contributed by atoms with van der Waals surface area (Å²) in [7, 11) is 0. The first kappa shape index (κ1) is 18.7. The maximum absolute atomic E-state index is 13.9. The first-order valence-electron chi connectivity index (χ1n) is 6.26. The van der Waals surface area contributed by atoms with Crippen molar-refractivity contribution in [2.45, 2.75) is 49.3 Å². The van der Waals surface area contributed by atoms with Crippen molar-refractivity contribution in [3.05, 3.63) is 0 Å². The molecular weight excluding hydrogens is 308 g/mol. The molecule has 22 heavy (non-hydrogen) atoms. The van der Waals surface area contributed by atoms with Crippen LogP contribution in [0.25, 0.3) is 0 Å². The van der Waals surface area contributed by atoms with Gasteiger partial charge in [-0.1, -0.05) is 0 Å². The third-order valence-electron chi connectivity index (χ3n) is 3.31. The molecule has 0 saturated carbocycles. The monoisotopic (exact) mass is 326 g/mol. The molecule has 7 N–H and O–H groups in total. The number of carbonyl (C=O) groups excluding carboxylic acids is 1. The maximum Gasteiger partial charge on any atom is 0.367 e. The van der Waals surface area contributed by atoms with E-state index in [4.69, 9.17) is 10.2 Å². The minimum atomic E-state index is -3.49. The van der Waals surface area contributed by atoms with Gasteiger partial charge >= 0.3 is 11.8 Å². The fraction of sp³-hybridized carbons (Fsp3) is 0.818. The Morgan fingerprint density at radius 1 is 1.41 bits per heavy atom. The number of carbonyl (C=O) groups is 2. The molecule has 11 heteroatoms. The number of halogens is 1. The predicted molar refractivity (Wildman–Crippen MR) is 65.1 cm³/mol. The molecule has 1 saturated heterocycles. The van der Waals surface area contributed by atoms with E-state index in [1.807, 2.05) is 5.32 Å². The van der Waals surface area contributed by atoms with E-state index >= 15 is 0 Å². The second-order valence-electron chi connectivity index (χ2n) is 4.94. The molecule has 1 rings (SSSR count). The lowest BCUT2D eigenvalue weighted by Gasteiger charge is -2.46. The number of amides is 1. The van der Waals surface area contributed by atoms with Gasteiger partial charge in [0.15, 0.2) is 6.17 Å². The van der Waals surface area contributed by atoms with Gasteiger partial charge < -0.3 is 40.7 Å². The van der Waals surface area contributed by atoms with Crippen LogP contribution in [0.3, 0.4) is 0 Å². The normalized spacial score (nSPS) is 38.1. The molecular formula is C11H18FNO9. The lowest BCUT2D eigenvalue weighted by Crippen LogP contribution is -2.72. The van der Waals surface area contributed by atoms with Crippen LogP contribution in [-0.4, -0.2) is 91.5 Å². The standard InChI is InChI=1S/C11H18FNO9/c1-3(15)13-5-7(18)9(12)11(21,10(19)20)22-8(5)6(17)4(16)2-14/h4-9,14,16-18,21H,2H2,1H3,(H,13,15)(H,19,20)/t4-,5-,6-,7-,8-,9+,11+/m1/s1/i12-1. The van der Waals surface area contributed by atoms with Gasteiger partial charge in [0, 0.05) is 6.92 Å². The van der Waals surface area contributed by atoms with Crippen LogP contribution in [-0.2, 0) is 14.3 Å². The van der Waals surface area contributed by atoms with Crippen LogP contribution in [0.15, 0.2) is 0 Å². The topological polar surface area (TPSA) is 177 Å². The van der Waals surface area contributed by atoms with Crippen molar-refractivity contribution in [1.29, 1.82) is 0 Å². The van der Waals surface area contributed by atoms with Gasteiger partial charge in [0.2, 0.25) is 5.91 Å². The summed E-state index contributed by atoms with van der Waals surface area (Å²) in [4.78, 5) is 22.1. The SMILES string of the molecule is CC(=O)N[C@@H]1[C@@H](O)[C@H]([18F])[C@@](O)(C(=O)O)O[C@H]1[C@H](O)[C@H](O)CO. The molecule has 1 fully saturated rings. The van der Waals surface area contributed by atoms with Gasteiger partial charge in [0.1, 0.15) is 24.4 Å². The van der Waals surface area contributed by atoms with E-state index in [-0.39, 0.29) is 0 Å². The van der Waals surface area contributed by atoms with Crippen molar-refractivity contribution in [2.24, 2.45) is 0 Å². The maximum atomic E-state index is 13.9. The van der Waals surface area contributed by atoms with Gasteiger partial charge in [-0.25, -0.2) is 9.18 Å². The highest BCUT2D eigenvalue weighted by Gasteiger charge is 2.61. The van der Waals surface area contributed by atoms with Gasteiger partial charge in [-0.05, 0) is 0 Å². The number of aliphatic hydroxyl groups excluding tert-OH is 4. The third kappa shape index (κ3) is 3.34. The fourth-order valence-electron chi connectivity index (χ4n) is 2.13. The quantitative estimate of drug-likeness (QED) is 0.266. The Morgan fingerprint density at radius 3 is 2.36 bits per heavy atom. The summed E-state index contributed by atoms with van der Waals surface area (Å²) in [5.41, 5.74) is 0. The van der Waals surface area contributed by atoms with Gasteiger partial charge in [-0.15, -0.1) is 0 Å². The number of ether oxygens (including phenoxy) is 1. The zero-order valence-electron chi connectivity index (χ0n) is 11.5. The van der Waals surface area contributed by atoms with Crippen LogP contribution in [0.1, 0.15) is 6.92 Å². The van der Waals surface area contributed by atoms with Crippen molar-refractivity contribution in [1.82, 2.24) is 5.32 Å². The summed E-state index contributed by atoms with van der Waals surface area (Å²) in [6.45, 7) is 0.0400. The lowest BCUT2D eigenvalue weighted by atomic mass is 9.87. The minimum absolute atomic E-state index is 0.767. The summed E-state index contributed by atoms with van der Waals surface area (Å²) in [6.07, 6.45) is -10.8. The zero-order chi connectivity index (χ0) is 17.2. The van der Waals surface area contributed by atoms with Crippen LogP contribution in [0, 0.1) is 0 Å². The van der Waals surface area contributed by atoms with Crippen molar-refractivity contribution >= 4 is 11.9 Å². The zero-order valence-corrected chi connectivity index (χ0v) is 11.5. The van der Waals surface area contributed by atoms with E-state index in [0.29, 0.717) is 0 Å². The summed E-state index contributed by atoms with van der Waals surface area (Å²) >= 11 is 0. The number of carboxylic acid groups (broad SMARTS) is 1. The van der Waals surface area contributed by atoms with E-state index in [9.17, 15) is 34.4 Å². The minimum Gasteiger partial charge on any atom is -0.477 e. The summed E-state index contributed by atoms with van der Waals surface area (Å²) in [6, 6.07) is -1.66. The first-order valence-corrected chi connectivity index (χ1v) is 6.26. The molecule has 0 unspecified atom stereocenters. The number of hydrogen-bond acceptors (Lipinski definition) is 8. The Hall–Kier alpha value is -1.37. The predicted octanol–water partition coefficient (Wildman–Crippen LogP) is -3.92. The van der Waals surface area contributed by atoms with Gasteiger partial charge in [0.05, 0.1) is 12.6 Å². The molecule has 0 aromatic rings. The average Bonchev–Trinajstić information content (AvgIpc) is 2.45. The number of hydrogen-bond donors (Lipinski definition) is 7. The average molecular weight is 326 g/mol. The molecule has 1 amide bonds. The van der Waals surface area contributed by atoms with E-state index in [1.54, 1.807) is 0 Å². The smallest absolute Gasteiger partial charge is 0.367 e. The van der Waals surface area contributed by atoms with Gasteiger partial charge in [-0.3, -0.25) is 4.79 Å². The van der Waals surface area contributed by atoms with Crippen molar-refractivity contribution in [2.75, 3.05) is 6.61 Å². The van der Waals surface area contributed by atoms with Crippen LogP contribution in [0.5, 0.6) is 0 Å². The number of aliphatic carboxylic acids is 1. The summed E-state index contributed by atoms with van der Waals surface area (Å²) < 4.78 is 18.5. The molecule has 1 aliphatic heterocycles. The van der Waals surface area contributed by atoms with Crippen LogP contribution >= 0.6 is 0 Å². The highest BCUT2D eigenvalue weighted by atomic mass is 18.2. The summed E-state index contributed by atoms with van der Waals surface area (Å²) in [5.74, 6) is -6.43. The molecule has 0 radical (unpaired) electrons. The lowest BCUT2D eigenvalue weighted by molar-refractivity contribution is -0.320. The Balaban J connectivity index is 3.19. The number of alkyl halides is 1. The fourth-order valence-corrected chi connectivity index (χ4v) is 2.13. The molecule has 0 aliphatic carbocycles. The largest absolute Gasteiger partial charge is 0.477 e. The second kappa shape index (κ2) is 6.81. The van der Waals surface area contributed by atoms with Crippen molar-refractivity contribution < 1.29 is 49.4 Å². The highest BCUT2D eigenvalue weighted by Crippen LogP contribution is 2.32.